The summed E-state index contributed by atoms with van der Waals surface area (Å²) in [6.45, 7) is 4.70. The molecule has 0 saturated carbocycles. The highest BCUT2D eigenvalue weighted by molar-refractivity contribution is 6.24. The zero-order valence-corrected chi connectivity index (χ0v) is 77.3. The summed E-state index contributed by atoms with van der Waals surface area (Å²) in [5.41, 5.74) is 38.9. The fraction of sp³-hybridized carbons (Fsp3) is 0.0222. The minimum atomic E-state index is -0.0864. The molecule has 0 saturated heterocycles. The fourth-order valence-corrected chi connectivity index (χ4v) is 21.3. The summed E-state index contributed by atoms with van der Waals surface area (Å²) < 4.78 is 4.73. The first kappa shape index (κ1) is 84.1. The van der Waals surface area contributed by atoms with Crippen LogP contribution in [0.1, 0.15) is 25.0 Å². The van der Waals surface area contributed by atoms with Crippen molar-refractivity contribution in [3.8, 4) is 112 Å². The number of para-hydroxylation sites is 4. The van der Waals surface area contributed by atoms with Crippen LogP contribution in [0.15, 0.2) is 546 Å². The zero-order valence-electron chi connectivity index (χ0n) is 77.3. The normalized spacial score (nSPS) is 11.9. The Balaban J connectivity index is 0.000000115. The van der Waals surface area contributed by atoms with Gasteiger partial charge in [0.2, 0.25) is 0 Å². The van der Waals surface area contributed by atoms with Gasteiger partial charge in [-0.25, -0.2) is 0 Å². The Morgan fingerprint density at radius 3 is 0.871 bits per heavy atom. The Bertz CT molecular complexity index is 8600. The van der Waals surface area contributed by atoms with Crippen molar-refractivity contribution >= 4 is 110 Å². The highest BCUT2D eigenvalue weighted by Gasteiger charge is 2.36. The van der Waals surface area contributed by atoms with Crippen LogP contribution in [0, 0.1) is 0 Å². The van der Waals surface area contributed by atoms with Gasteiger partial charge < -0.3 is 18.9 Å². The third kappa shape index (κ3) is 15.8. The summed E-state index contributed by atoms with van der Waals surface area (Å²) >= 11 is 0. The summed E-state index contributed by atoms with van der Waals surface area (Å²) in [6, 6.07) is 197. The topological polar surface area (TPSA) is 16.3 Å². The molecule has 0 fully saturated rings. The zero-order chi connectivity index (χ0) is 92.7. The maximum atomic E-state index is 2.41. The van der Waals surface area contributed by atoms with E-state index in [4.69, 9.17) is 0 Å². The van der Waals surface area contributed by atoms with Crippen molar-refractivity contribution < 1.29 is 0 Å². The van der Waals surface area contributed by atoms with E-state index < -0.39 is 0 Å². The van der Waals surface area contributed by atoms with Crippen molar-refractivity contribution in [2.75, 3.05) is 9.80 Å². The van der Waals surface area contributed by atoms with Gasteiger partial charge in [-0.15, -0.1) is 0 Å². The molecule has 1 aliphatic carbocycles. The smallest absolute Gasteiger partial charge is 0.0541 e. The van der Waals surface area contributed by atoms with E-state index in [0.717, 1.165) is 39.8 Å². The lowest BCUT2D eigenvalue weighted by Crippen LogP contribution is -2.16. The van der Waals surface area contributed by atoms with Gasteiger partial charge in [0, 0.05) is 72.5 Å². The molecule has 2 heterocycles. The SMILES string of the molecule is CC1(C)c2ccccc2-c2ccc(N(c3ccc(-c4ccccc4)cc3)c3ccc(-c4ccc5c(c4)c4ccccc4n5-c4ccccc4)cc3)cc21.c1ccc(-c2ccc(-c3c4ccccc4c(-c4cccc5ccccc45)c4ccccc34)cc2)cc1.c1ccc(-c2ccc(N(c3ccc(-c4ccccc4)cc3)c3ccc(-c4ccc(-n5c6ccccc6c6ccccc65)cc4)cc3)cc2)cc1. The molecule has 26 rings (SSSR count). The average molecular weight is 1770 g/mol. The second-order valence-corrected chi connectivity index (χ2v) is 36.6. The van der Waals surface area contributed by atoms with Gasteiger partial charge in [0.25, 0.3) is 0 Å². The molecule has 0 bridgehead atoms. The predicted octanol–water partition coefficient (Wildman–Crippen LogP) is 37.3. The van der Waals surface area contributed by atoms with Crippen LogP contribution < -0.4 is 9.80 Å². The molecule has 0 radical (unpaired) electrons. The van der Waals surface area contributed by atoms with Crippen LogP contribution in [0.3, 0.4) is 0 Å². The van der Waals surface area contributed by atoms with Crippen molar-refractivity contribution in [2.24, 2.45) is 0 Å². The first-order valence-corrected chi connectivity index (χ1v) is 48.0. The van der Waals surface area contributed by atoms with Gasteiger partial charge in [-0.1, -0.05) is 432 Å². The summed E-state index contributed by atoms with van der Waals surface area (Å²) in [7, 11) is 0. The molecule has 0 atom stereocenters. The number of nitrogens with zero attached hydrogens (tertiary/aromatic N) is 4. The van der Waals surface area contributed by atoms with Crippen LogP contribution in [-0.2, 0) is 5.41 Å². The van der Waals surface area contributed by atoms with Crippen LogP contribution in [0.4, 0.5) is 34.1 Å². The lowest BCUT2D eigenvalue weighted by Gasteiger charge is -2.28. The number of aromatic nitrogens is 2. The number of hydrogen-bond acceptors (Lipinski definition) is 2. The van der Waals surface area contributed by atoms with Gasteiger partial charge in [0.15, 0.2) is 0 Å². The standard InChI is InChI=1S/C51H38N2.C48H34N2.C36H24/c1-51(2)47-19-11-9-17-43(47)44-31-30-42(34-48(44)51)52(40-26-21-36(22-27-40)35-13-5-3-6-14-35)41-28-23-37(24-29-41)38-25-32-50-46(33-38)45-18-10-12-20-49(45)53(50)39-15-7-4-8-16-39;1-3-11-35(12-4-1)37-19-27-41(28-20-37)49(42-29-21-38(22-30-42)36-13-5-2-6-14-36)43-31-23-39(24-32-43)40-25-33-44(34-26-40)50-47-17-9-7-15-45(47)46-16-8-10-18-48(46)50;1-2-11-25(12-3-1)26-21-23-28(24-22-26)35-31-16-6-8-18-33(31)36(34-19-9-7-17-32(34)35)30-20-10-14-27-13-4-5-15-29(27)30/h3-34H,1-2H3;1-34H;1-24H. The maximum absolute atomic E-state index is 2.41. The van der Waals surface area contributed by atoms with Crippen LogP contribution >= 0.6 is 0 Å². The van der Waals surface area contributed by atoms with E-state index >= 15 is 0 Å². The number of rotatable bonds is 16. The number of fused-ring (bicyclic) bond motifs is 12. The van der Waals surface area contributed by atoms with E-state index in [0.29, 0.717) is 0 Å². The average Bonchev–Trinajstić information content (AvgIpc) is 1.74. The Morgan fingerprint density at radius 2 is 0.432 bits per heavy atom. The van der Waals surface area contributed by atoms with Gasteiger partial charge in [-0.3, -0.25) is 0 Å². The van der Waals surface area contributed by atoms with Crippen molar-refractivity contribution in [1.82, 2.24) is 9.13 Å². The molecule has 2 aromatic heterocycles. The highest BCUT2D eigenvalue weighted by atomic mass is 15.1. The first-order valence-electron chi connectivity index (χ1n) is 48.0. The minimum Gasteiger partial charge on any atom is -0.311 e. The molecule has 1 aliphatic rings. The first-order chi connectivity index (χ1) is 68.7. The monoisotopic (exact) mass is 1770 g/mol. The van der Waals surface area contributed by atoms with Gasteiger partial charge >= 0.3 is 0 Å². The third-order valence-corrected chi connectivity index (χ3v) is 28.1. The summed E-state index contributed by atoms with van der Waals surface area (Å²) in [5.74, 6) is 0. The van der Waals surface area contributed by atoms with Gasteiger partial charge in [-0.2, -0.15) is 0 Å². The lowest BCUT2D eigenvalue weighted by molar-refractivity contribution is 0.660. The molecule has 4 heteroatoms. The molecule has 25 aromatic rings. The van der Waals surface area contributed by atoms with E-state index in [1.807, 2.05) is 0 Å². The molecule has 0 amide bonds. The highest BCUT2D eigenvalue weighted by Crippen LogP contribution is 2.53. The van der Waals surface area contributed by atoms with E-state index in [1.54, 1.807) is 0 Å². The molecular weight excluding hydrogens is 1680 g/mol. The molecular formula is C135H96N4. The molecule has 23 aromatic carbocycles. The summed E-state index contributed by atoms with van der Waals surface area (Å²) in [6.07, 6.45) is 0. The largest absolute Gasteiger partial charge is 0.311 e. The predicted molar refractivity (Wildman–Crippen MR) is 591 cm³/mol. The van der Waals surface area contributed by atoms with Crippen LogP contribution in [-0.4, -0.2) is 9.13 Å². The summed E-state index contributed by atoms with van der Waals surface area (Å²) in [5, 5.41) is 12.8. The maximum Gasteiger partial charge on any atom is 0.0541 e. The van der Waals surface area contributed by atoms with E-state index in [2.05, 4.69) is 579 Å². The van der Waals surface area contributed by atoms with E-state index in [9.17, 15) is 0 Å². The Kier molecular flexibility index (Phi) is 22.0. The fourth-order valence-electron chi connectivity index (χ4n) is 21.3. The molecule has 0 N–H and O–H groups in total. The second kappa shape index (κ2) is 36.4. The number of hydrogen-bond donors (Lipinski definition) is 0. The third-order valence-electron chi connectivity index (χ3n) is 28.1. The van der Waals surface area contributed by atoms with Crippen molar-refractivity contribution in [3.63, 3.8) is 0 Å². The van der Waals surface area contributed by atoms with Crippen molar-refractivity contribution in [3.05, 3.63) is 557 Å². The number of benzene rings is 23. The molecule has 139 heavy (non-hydrogen) atoms. The van der Waals surface area contributed by atoms with Crippen LogP contribution in [0.2, 0.25) is 0 Å². The Hall–Kier alpha value is -18.0. The quantitative estimate of drug-likeness (QED) is 0.0897. The van der Waals surface area contributed by atoms with Crippen LogP contribution in [0.5, 0.6) is 0 Å². The van der Waals surface area contributed by atoms with E-state index in [1.165, 1.54) is 193 Å². The van der Waals surface area contributed by atoms with Crippen molar-refractivity contribution in [2.45, 2.75) is 19.3 Å². The molecule has 656 valence electrons. The van der Waals surface area contributed by atoms with Gasteiger partial charge in [-0.05, 0) is 271 Å². The lowest BCUT2D eigenvalue weighted by atomic mass is 9.82. The van der Waals surface area contributed by atoms with Gasteiger partial charge in [0.1, 0.15) is 0 Å². The number of anilines is 6. The van der Waals surface area contributed by atoms with Gasteiger partial charge in [0.05, 0.1) is 22.1 Å². The molecule has 0 spiro atoms. The second-order valence-electron chi connectivity index (χ2n) is 36.6. The minimum absolute atomic E-state index is 0.0864. The molecule has 0 unspecified atom stereocenters. The van der Waals surface area contributed by atoms with Crippen LogP contribution in [0.25, 0.3) is 187 Å². The molecule has 4 nitrogen and oxygen atoms in total. The Morgan fingerprint density at radius 1 is 0.158 bits per heavy atom. The van der Waals surface area contributed by atoms with Crippen molar-refractivity contribution in [1.29, 1.82) is 0 Å². The summed E-state index contributed by atoms with van der Waals surface area (Å²) in [4.78, 5) is 4.73. The Labute approximate surface area is 811 Å². The molecule has 0 aliphatic heterocycles. The van der Waals surface area contributed by atoms with E-state index in [-0.39, 0.29) is 5.41 Å².